The number of aromatic nitrogens is 1. The van der Waals surface area contributed by atoms with Crippen LogP contribution in [0.25, 0.3) is 0 Å². The quantitative estimate of drug-likeness (QED) is 0.817. The molecule has 4 heteroatoms. The van der Waals surface area contributed by atoms with Crippen molar-refractivity contribution in [2.75, 3.05) is 11.9 Å². The Labute approximate surface area is 132 Å². The van der Waals surface area contributed by atoms with Crippen LogP contribution in [0, 0.1) is 5.41 Å². The summed E-state index contributed by atoms with van der Waals surface area (Å²) in [6, 6.07) is 11.4. The molecule has 0 saturated carbocycles. The van der Waals surface area contributed by atoms with E-state index in [2.05, 4.69) is 31.1 Å². The summed E-state index contributed by atoms with van der Waals surface area (Å²) < 4.78 is 5.52. The average molecular weight is 297 g/mol. The van der Waals surface area contributed by atoms with Gasteiger partial charge >= 0.3 is 0 Å². The van der Waals surface area contributed by atoms with Crippen molar-refractivity contribution < 1.29 is 4.74 Å². The van der Waals surface area contributed by atoms with E-state index in [1.165, 1.54) is 0 Å². The van der Waals surface area contributed by atoms with Gasteiger partial charge in [-0.3, -0.25) is 5.41 Å². The minimum Gasteiger partial charge on any atom is -0.494 e. The van der Waals surface area contributed by atoms with Gasteiger partial charge in [-0.2, -0.15) is 0 Å². The maximum atomic E-state index is 8.51. The van der Waals surface area contributed by atoms with Crippen LogP contribution >= 0.6 is 0 Å². The van der Waals surface area contributed by atoms with Crippen molar-refractivity contribution in [2.45, 2.75) is 33.2 Å². The highest BCUT2D eigenvalue weighted by Crippen LogP contribution is 2.22. The van der Waals surface area contributed by atoms with Crippen LogP contribution in [0.3, 0.4) is 0 Å². The molecule has 22 heavy (non-hydrogen) atoms. The van der Waals surface area contributed by atoms with Gasteiger partial charge in [0.2, 0.25) is 0 Å². The Morgan fingerprint density at radius 1 is 1.23 bits per heavy atom. The molecule has 0 radical (unpaired) electrons. The predicted octanol–water partition coefficient (Wildman–Crippen LogP) is 4.11. The van der Waals surface area contributed by atoms with E-state index in [1.807, 2.05) is 43.3 Å². The number of hydrogen-bond donors (Lipinski definition) is 2. The largest absolute Gasteiger partial charge is 0.494 e. The average Bonchev–Trinajstić information content (AvgIpc) is 2.46. The van der Waals surface area contributed by atoms with E-state index in [0.29, 0.717) is 12.3 Å². The van der Waals surface area contributed by atoms with Crippen molar-refractivity contribution in [3.8, 4) is 5.75 Å². The molecule has 2 rings (SSSR count). The Kier molecular flexibility index (Phi) is 4.81. The summed E-state index contributed by atoms with van der Waals surface area (Å²) in [5.74, 6) is 1.50. The van der Waals surface area contributed by atoms with Crippen molar-refractivity contribution in [2.24, 2.45) is 0 Å². The Morgan fingerprint density at radius 3 is 2.68 bits per heavy atom. The van der Waals surface area contributed by atoms with Crippen LogP contribution in [0.5, 0.6) is 5.75 Å². The van der Waals surface area contributed by atoms with Gasteiger partial charge in [0.15, 0.2) is 0 Å². The van der Waals surface area contributed by atoms with Crippen molar-refractivity contribution in [1.82, 2.24) is 4.98 Å². The summed E-state index contributed by atoms with van der Waals surface area (Å²) in [5, 5.41) is 11.9. The van der Waals surface area contributed by atoms with E-state index in [1.54, 1.807) is 6.20 Å². The van der Waals surface area contributed by atoms with Gasteiger partial charge in [-0.05, 0) is 52.0 Å². The highest BCUT2D eigenvalue weighted by molar-refractivity contribution is 6.13. The second-order valence-electron chi connectivity index (χ2n) is 6.11. The molecular weight excluding hydrogens is 274 g/mol. The van der Waals surface area contributed by atoms with Gasteiger partial charge in [-0.25, -0.2) is 4.98 Å². The maximum Gasteiger partial charge on any atom is 0.135 e. The molecule has 0 fully saturated rings. The van der Waals surface area contributed by atoms with E-state index in [0.717, 1.165) is 22.7 Å². The minimum atomic E-state index is -0.115. The fraction of sp³-hybridized carbons (Fsp3) is 0.333. The number of pyridine rings is 1. The van der Waals surface area contributed by atoms with Crippen molar-refractivity contribution in [3.05, 3.63) is 53.7 Å². The molecule has 0 bridgehead atoms. The number of benzene rings is 1. The van der Waals surface area contributed by atoms with Crippen LogP contribution in [0.2, 0.25) is 0 Å². The molecule has 2 aromatic rings. The van der Waals surface area contributed by atoms with Crippen LogP contribution in [0.15, 0.2) is 42.6 Å². The molecule has 0 amide bonds. The van der Waals surface area contributed by atoms with Gasteiger partial charge in [-0.15, -0.1) is 0 Å². The maximum absolute atomic E-state index is 8.51. The summed E-state index contributed by atoms with van der Waals surface area (Å²) in [4.78, 5) is 4.39. The normalized spacial score (nSPS) is 11.1. The van der Waals surface area contributed by atoms with Crippen molar-refractivity contribution >= 4 is 11.5 Å². The number of nitrogens with zero attached hydrogens (tertiary/aromatic N) is 1. The molecule has 0 unspecified atom stereocenters. The molecule has 2 N–H and O–H groups in total. The molecule has 0 aliphatic heterocycles. The fourth-order valence-corrected chi connectivity index (χ4v) is 2.13. The van der Waals surface area contributed by atoms with E-state index < -0.39 is 0 Å². The summed E-state index contributed by atoms with van der Waals surface area (Å²) in [7, 11) is 0. The molecule has 1 aromatic heterocycles. The van der Waals surface area contributed by atoms with Gasteiger partial charge < -0.3 is 10.1 Å². The second kappa shape index (κ2) is 6.60. The molecule has 0 atom stereocenters. The van der Waals surface area contributed by atoms with Crippen molar-refractivity contribution in [1.29, 1.82) is 5.41 Å². The lowest BCUT2D eigenvalue weighted by atomic mass is 10.0. The van der Waals surface area contributed by atoms with Gasteiger partial charge in [0.1, 0.15) is 11.6 Å². The summed E-state index contributed by atoms with van der Waals surface area (Å²) in [6.07, 6.45) is 1.74. The van der Waals surface area contributed by atoms with Crippen LogP contribution in [-0.2, 0) is 0 Å². The first-order valence-corrected chi connectivity index (χ1v) is 7.46. The third-order valence-electron chi connectivity index (χ3n) is 3.00. The summed E-state index contributed by atoms with van der Waals surface area (Å²) in [5.41, 5.74) is 1.92. The third kappa shape index (κ3) is 4.07. The van der Waals surface area contributed by atoms with Crippen LogP contribution in [0.1, 0.15) is 38.8 Å². The first-order chi connectivity index (χ1) is 10.4. The Balaban J connectivity index is 2.35. The van der Waals surface area contributed by atoms with E-state index in [4.69, 9.17) is 10.1 Å². The van der Waals surface area contributed by atoms with Gasteiger partial charge in [0.05, 0.1) is 12.3 Å². The topological polar surface area (TPSA) is 58.0 Å². The monoisotopic (exact) mass is 297 g/mol. The number of rotatable bonds is 5. The molecule has 4 nitrogen and oxygen atoms in total. The number of hydrogen-bond acceptors (Lipinski definition) is 4. The smallest absolute Gasteiger partial charge is 0.135 e. The fourth-order valence-electron chi connectivity index (χ4n) is 2.13. The lowest BCUT2D eigenvalue weighted by Crippen LogP contribution is -2.28. The zero-order valence-corrected chi connectivity index (χ0v) is 13.6. The Hall–Kier alpha value is -2.36. The third-order valence-corrected chi connectivity index (χ3v) is 3.00. The molecule has 1 heterocycles. The van der Waals surface area contributed by atoms with Gasteiger partial charge in [-0.1, -0.05) is 12.1 Å². The molecule has 0 spiro atoms. The standard InChI is InChI=1S/C18H23N3O/c1-5-22-14-9-6-8-13(12-14)16(19)15-10-7-11-20-17(15)21-18(2,3)4/h6-12,19H,5H2,1-4H3,(H,20,21). The first-order valence-electron chi connectivity index (χ1n) is 7.46. The molecule has 116 valence electrons. The Bertz CT molecular complexity index is 659. The number of nitrogens with one attached hydrogen (secondary N) is 2. The lowest BCUT2D eigenvalue weighted by Gasteiger charge is -2.23. The molecule has 0 aliphatic rings. The SMILES string of the molecule is CCOc1cccc(C(=N)c2cccnc2NC(C)(C)C)c1. The molecule has 0 aliphatic carbocycles. The molecule has 1 aromatic carbocycles. The van der Waals surface area contributed by atoms with Crippen LogP contribution < -0.4 is 10.1 Å². The zero-order chi connectivity index (χ0) is 16.2. The highest BCUT2D eigenvalue weighted by Gasteiger charge is 2.16. The van der Waals surface area contributed by atoms with Crippen molar-refractivity contribution in [3.63, 3.8) is 0 Å². The minimum absolute atomic E-state index is 0.115. The predicted molar refractivity (Wildman–Crippen MR) is 91.2 cm³/mol. The molecular formula is C18H23N3O. The van der Waals surface area contributed by atoms with Crippen LogP contribution in [0.4, 0.5) is 5.82 Å². The number of anilines is 1. The zero-order valence-electron chi connectivity index (χ0n) is 13.6. The van der Waals surface area contributed by atoms with E-state index in [-0.39, 0.29) is 5.54 Å². The first kappa shape index (κ1) is 16.0. The van der Waals surface area contributed by atoms with Gasteiger partial charge in [0, 0.05) is 22.9 Å². The summed E-state index contributed by atoms with van der Waals surface area (Å²) in [6.45, 7) is 8.78. The van der Waals surface area contributed by atoms with Crippen LogP contribution in [-0.4, -0.2) is 22.8 Å². The lowest BCUT2D eigenvalue weighted by molar-refractivity contribution is 0.340. The second-order valence-corrected chi connectivity index (χ2v) is 6.11. The van der Waals surface area contributed by atoms with Gasteiger partial charge in [0.25, 0.3) is 0 Å². The number of ether oxygens (including phenoxy) is 1. The van der Waals surface area contributed by atoms with E-state index in [9.17, 15) is 0 Å². The van der Waals surface area contributed by atoms with E-state index >= 15 is 0 Å². The Morgan fingerprint density at radius 2 is 2.00 bits per heavy atom. The summed E-state index contributed by atoms with van der Waals surface area (Å²) >= 11 is 0. The highest BCUT2D eigenvalue weighted by atomic mass is 16.5. The molecule has 0 saturated heterocycles.